The van der Waals surface area contributed by atoms with Crippen molar-refractivity contribution >= 4 is 27.6 Å². The molecule has 0 amide bonds. The van der Waals surface area contributed by atoms with Gasteiger partial charge in [0.05, 0.1) is 23.7 Å². The fraction of sp³-hybridized carbons (Fsp3) is 0.391. The van der Waals surface area contributed by atoms with Crippen molar-refractivity contribution in [2.75, 3.05) is 38.2 Å². The van der Waals surface area contributed by atoms with Crippen molar-refractivity contribution < 1.29 is 4.74 Å². The van der Waals surface area contributed by atoms with E-state index in [0.717, 1.165) is 58.3 Å². The molecule has 0 unspecified atom stereocenters. The molecule has 4 aromatic rings. The highest BCUT2D eigenvalue weighted by Crippen LogP contribution is 2.31. The highest BCUT2D eigenvalue weighted by Gasteiger charge is 2.28. The van der Waals surface area contributed by atoms with Gasteiger partial charge in [0.25, 0.3) is 0 Å². The minimum absolute atomic E-state index is 0.776. The first kappa shape index (κ1) is 17.8. The highest BCUT2D eigenvalue weighted by molar-refractivity contribution is 5.94. The average molecular weight is 403 g/mol. The standard InChI is InChI=1S/C23H26N6O/c1-30-17-4-6-19-18(14-17)22(27-26-19)23-24-20-5-3-16(13-21(20)25-23)29-11-7-15(8-12-29)28-9-2-10-28/h3-6,13-15H,2,7-12H2,1H3,(H,24,25)(H,26,27). The monoisotopic (exact) mass is 402 g/mol. The number of anilines is 1. The molecule has 2 aromatic heterocycles. The van der Waals surface area contributed by atoms with Gasteiger partial charge in [-0.2, -0.15) is 5.10 Å². The lowest BCUT2D eigenvalue weighted by Gasteiger charge is -2.43. The largest absolute Gasteiger partial charge is 0.497 e. The molecule has 2 saturated heterocycles. The first-order valence-corrected chi connectivity index (χ1v) is 10.8. The molecule has 0 radical (unpaired) electrons. The van der Waals surface area contributed by atoms with E-state index in [9.17, 15) is 0 Å². The van der Waals surface area contributed by atoms with Crippen LogP contribution < -0.4 is 9.64 Å². The van der Waals surface area contributed by atoms with Crippen LogP contribution in [0.3, 0.4) is 0 Å². The number of ether oxygens (including phenoxy) is 1. The summed E-state index contributed by atoms with van der Waals surface area (Å²) in [5.41, 5.74) is 5.07. The molecule has 4 heterocycles. The summed E-state index contributed by atoms with van der Waals surface area (Å²) in [5.74, 6) is 1.59. The average Bonchev–Trinajstić information content (AvgIpc) is 3.35. The second kappa shape index (κ2) is 7.02. The zero-order valence-corrected chi connectivity index (χ0v) is 17.2. The fourth-order valence-corrected chi connectivity index (χ4v) is 4.80. The van der Waals surface area contributed by atoms with Gasteiger partial charge in [-0.15, -0.1) is 0 Å². The lowest BCUT2D eigenvalue weighted by molar-refractivity contribution is 0.100. The number of rotatable bonds is 4. The third-order valence-electron chi connectivity index (χ3n) is 6.70. The molecular formula is C23H26N6O. The van der Waals surface area contributed by atoms with Crippen LogP contribution in [0.4, 0.5) is 5.69 Å². The van der Waals surface area contributed by atoms with Crippen molar-refractivity contribution in [3.8, 4) is 17.3 Å². The van der Waals surface area contributed by atoms with E-state index in [1.165, 1.54) is 38.0 Å². The molecule has 2 N–H and O–H groups in total. The van der Waals surface area contributed by atoms with E-state index in [-0.39, 0.29) is 0 Å². The molecule has 0 atom stereocenters. The van der Waals surface area contributed by atoms with Crippen molar-refractivity contribution in [2.45, 2.75) is 25.3 Å². The zero-order chi connectivity index (χ0) is 20.1. The number of aromatic nitrogens is 4. The van der Waals surface area contributed by atoms with Gasteiger partial charge >= 0.3 is 0 Å². The number of imidazole rings is 1. The fourth-order valence-electron chi connectivity index (χ4n) is 4.80. The van der Waals surface area contributed by atoms with Crippen LogP contribution in [0.2, 0.25) is 0 Å². The van der Waals surface area contributed by atoms with Crippen molar-refractivity contribution in [3.05, 3.63) is 36.4 Å². The molecule has 2 aromatic carbocycles. The Morgan fingerprint density at radius 1 is 1.00 bits per heavy atom. The summed E-state index contributed by atoms with van der Waals surface area (Å²) in [4.78, 5) is 13.4. The third kappa shape index (κ3) is 2.92. The van der Waals surface area contributed by atoms with E-state index < -0.39 is 0 Å². The Bertz CT molecular complexity index is 1200. The molecule has 7 nitrogen and oxygen atoms in total. The Morgan fingerprint density at radius 3 is 2.63 bits per heavy atom. The van der Waals surface area contributed by atoms with Crippen LogP contribution >= 0.6 is 0 Å². The first-order valence-electron chi connectivity index (χ1n) is 10.8. The number of likely N-dealkylation sites (tertiary alicyclic amines) is 1. The maximum atomic E-state index is 5.38. The summed E-state index contributed by atoms with van der Waals surface area (Å²) >= 11 is 0. The lowest BCUT2D eigenvalue weighted by Crippen LogP contribution is -2.50. The second-order valence-corrected chi connectivity index (χ2v) is 8.38. The molecule has 30 heavy (non-hydrogen) atoms. The molecule has 2 fully saturated rings. The van der Waals surface area contributed by atoms with E-state index in [2.05, 4.69) is 43.2 Å². The summed E-state index contributed by atoms with van der Waals surface area (Å²) in [6.07, 6.45) is 3.89. The summed E-state index contributed by atoms with van der Waals surface area (Å²) in [5, 5.41) is 8.59. The maximum absolute atomic E-state index is 5.38. The number of hydrogen-bond donors (Lipinski definition) is 2. The minimum Gasteiger partial charge on any atom is -0.497 e. The Morgan fingerprint density at radius 2 is 1.87 bits per heavy atom. The van der Waals surface area contributed by atoms with Gasteiger partial charge in [0.15, 0.2) is 5.82 Å². The number of nitrogens with zero attached hydrogens (tertiary/aromatic N) is 4. The number of nitrogens with one attached hydrogen (secondary N) is 2. The summed E-state index contributed by atoms with van der Waals surface area (Å²) in [6, 6.07) is 13.2. The first-order chi connectivity index (χ1) is 14.8. The van der Waals surface area contributed by atoms with Gasteiger partial charge < -0.3 is 19.5 Å². The molecule has 6 rings (SSSR count). The van der Waals surface area contributed by atoms with Crippen LogP contribution in [-0.4, -0.2) is 64.4 Å². The van der Waals surface area contributed by atoms with E-state index in [1.807, 2.05) is 18.2 Å². The SMILES string of the molecule is COc1ccc2[nH]nc(-c3nc4ccc(N5CCC(N6CCC6)CC5)cc4[nH]3)c2c1. The Balaban J connectivity index is 1.28. The summed E-state index contributed by atoms with van der Waals surface area (Å²) in [6.45, 7) is 4.83. The molecule has 2 aliphatic rings. The molecule has 7 heteroatoms. The van der Waals surface area contributed by atoms with Crippen LogP contribution in [0.25, 0.3) is 33.5 Å². The highest BCUT2D eigenvalue weighted by atomic mass is 16.5. The third-order valence-corrected chi connectivity index (χ3v) is 6.70. The summed E-state index contributed by atoms with van der Waals surface area (Å²) < 4.78 is 5.38. The van der Waals surface area contributed by atoms with Crippen molar-refractivity contribution in [1.82, 2.24) is 25.1 Å². The predicted molar refractivity (Wildman–Crippen MR) is 119 cm³/mol. The molecule has 0 aliphatic carbocycles. The topological polar surface area (TPSA) is 73.1 Å². The molecule has 154 valence electrons. The van der Waals surface area contributed by atoms with Crippen LogP contribution in [0.15, 0.2) is 36.4 Å². The van der Waals surface area contributed by atoms with Crippen LogP contribution in [0.1, 0.15) is 19.3 Å². The Kier molecular flexibility index (Phi) is 4.16. The molecular weight excluding hydrogens is 376 g/mol. The van der Waals surface area contributed by atoms with Gasteiger partial charge in [-0.05, 0) is 68.8 Å². The quantitative estimate of drug-likeness (QED) is 0.543. The van der Waals surface area contributed by atoms with Gasteiger partial charge in [0, 0.05) is 30.2 Å². The Labute approximate surface area is 175 Å². The maximum Gasteiger partial charge on any atom is 0.159 e. The number of hydrogen-bond acceptors (Lipinski definition) is 5. The molecule has 0 spiro atoms. The number of methoxy groups -OCH3 is 1. The smallest absolute Gasteiger partial charge is 0.159 e. The van der Waals surface area contributed by atoms with E-state index in [1.54, 1.807) is 7.11 Å². The van der Waals surface area contributed by atoms with Crippen molar-refractivity contribution in [2.24, 2.45) is 0 Å². The van der Waals surface area contributed by atoms with Gasteiger partial charge in [-0.25, -0.2) is 4.98 Å². The van der Waals surface area contributed by atoms with Crippen LogP contribution in [-0.2, 0) is 0 Å². The molecule has 2 aliphatic heterocycles. The normalized spacial score (nSPS) is 18.2. The van der Waals surface area contributed by atoms with Crippen LogP contribution in [0.5, 0.6) is 5.75 Å². The number of fused-ring (bicyclic) bond motifs is 2. The van der Waals surface area contributed by atoms with Crippen molar-refractivity contribution in [3.63, 3.8) is 0 Å². The second-order valence-electron chi connectivity index (χ2n) is 8.38. The van der Waals surface area contributed by atoms with Crippen molar-refractivity contribution in [1.29, 1.82) is 0 Å². The number of aromatic amines is 2. The van der Waals surface area contributed by atoms with Gasteiger partial charge in [-0.1, -0.05) is 0 Å². The van der Waals surface area contributed by atoms with E-state index in [4.69, 9.17) is 9.72 Å². The van der Waals surface area contributed by atoms with E-state index in [0.29, 0.717) is 0 Å². The summed E-state index contributed by atoms with van der Waals surface area (Å²) in [7, 11) is 1.68. The molecule has 0 bridgehead atoms. The Hall–Kier alpha value is -3.06. The minimum atomic E-state index is 0.776. The number of H-pyrrole nitrogens is 2. The van der Waals surface area contributed by atoms with Gasteiger partial charge in [-0.3, -0.25) is 5.10 Å². The lowest BCUT2D eigenvalue weighted by atomic mass is 9.99. The predicted octanol–water partition coefficient (Wildman–Crippen LogP) is 3.79. The van der Waals surface area contributed by atoms with Gasteiger partial charge in [0.1, 0.15) is 11.4 Å². The van der Waals surface area contributed by atoms with Gasteiger partial charge in [0.2, 0.25) is 0 Å². The molecule has 0 saturated carbocycles. The van der Waals surface area contributed by atoms with E-state index >= 15 is 0 Å². The zero-order valence-electron chi connectivity index (χ0n) is 17.2. The number of piperidine rings is 1. The number of benzene rings is 2. The van der Waals surface area contributed by atoms with Crippen LogP contribution in [0, 0.1) is 0 Å².